The zero-order valence-corrected chi connectivity index (χ0v) is 20.8. The second-order valence-corrected chi connectivity index (χ2v) is 8.84. The van der Waals surface area contributed by atoms with Crippen molar-refractivity contribution in [3.05, 3.63) is 0 Å². The highest BCUT2D eigenvalue weighted by Crippen LogP contribution is 2.11. The molecule has 0 rings (SSSR count). The second-order valence-electron chi connectivity index (χ2n) is 7.85. The van der Waals surface area contributed by atoms with Crippen molar-refractivity contribution in [3.63, 3.8) is 0 Å². The number of aliphatic hydroxyl groups is 1. The van der Waals surface area contributed by atoms with Crippen molar-refractivity contribution in [3.8, 4) is 0 Å². The smallest absolute Gasteiger partial charge is 0.326 e. The van der Waals surface area contributed by atoms with Crippen molar-refractivity contribution >= 4 is 41.4 Å². The first-order chi connectivity index (χ1) is 16.0. The van der Waals surface area contributed by atoms with Gasteiger partial charge >= 0.3 is 5.97 Å². The molecule has 0 bridgehead atoms. The van der Waals surface area contributed by atoms with E-state index in [-0.39, 0.29) is 31.3 Å². The molecule has 11 N–H and O–H groups in total. The number of nitrogens with two attached hydrogens (primary N) is 3. The van der Waals surface area contributed by atoms with Gasteiger partial charge in [-0.25, -0.2) is 4.79 Å². The first-order valence-electron chi connectivity index (χ1n) is 11.0. The minimum Gasteiger partial charge on any atom is -0.480 e. The van der Waals surface area contributed by atoms with E-state index in [9.17, 15) is 24.3 Å². The third-order valence-corrected chi connectivity index (χ3v) is 5.77. The molecule has 14 heteroatoms. The third-order valence-electron chi connectivity index (χ3n) is 5.13. The Hall–Kier alpha value is -2.58. The van der Waals surface area contributed by atoms with Crippen LogP contribution in [0.1, 0.15) is 39.5 Å². The molecule has 34 heavy (non-hydrogen) atoms. The van der Waals surface area contributed by atoms with E-state index in [1.807, 2.05) is 13.2 Å². The van der Waals surface area contributed by atoms with Crippen LogP contribution in [0.5, 0.6) is 0 Å². The Morgan fingerprint density at radius 2 is 1.62 bits per heavy atom. The van der Waals surface area contributed by atoms with Crippen molar-refractivity contribution in [1.29, 1.82) is 0 Å². The maximum atomic E-state index is 13.0. The molecular formula is C20H39N7O6S. The lowest BCUT2D eigenvalue weighted by Gasteiger charge is -2.28. The van der Waals surface area contributed by atoms with Crippen LogP contribution in [-0.2, 0) is 19.2 Å². The first-order valence-corrected chi connectivity index (χ1v) is 12.4. The number of guanidine groups is 1. The fourth-order valence-electron chi connectivity index (χ4n) is 2.84. The molecule has 0 aliphatic rings. The lowest BCUT2D eigenvalue weighted by Crippen LogP contribution is -2.59. The molecule has 0 saturated carbocycles. The van der Waals surface area contributed by atoms with Gasteiger partial charge < -0.3 is 43.4 Å². The van der Waals surface area contributed by atoms with Gasteiger partial charge in [0.25, 0.3) is 0 Å². The highest BCUT2D eigenvalue weighted by molar-refractivity contribution is 7.98. The van der Waals surface area contributed by atoms with Crippen LogP contribution < -0.4 is 33.2 Å². The number of aliphatic hydroxyl groups excluding tert-OH is 1. The van der Waals surface area contributed by atoms with Gasteiger partial charge in [-0.1, -0.05) is 20.3 Å². The molecule has 196 valence electrons. The number of rotatable bonds is 17. The minimum absolute atomic E-state index is 0.115. The number of carboxylic acid groups (broad SMARTS) is 1. The quantitative estimate of drug-likeness (QED) is 0.0597. The van der Waals surface area contributed by atoms with E-state index in [1.165, 1.54) is 11.8 Å². The summed E-state index contributed by atoms with van der Waals surface area (Å²) in [6.45, 7) is 3.17. The lowest BCUT2D eigenvalue weighted by atomic mass is 9.97. The molecule has 0 fully saturated rings. The summed E-state index contributed by atoms with van der Waals surface area (Å²) in [6, 6.07) is -4.43. The molecule has 0 aliphatic carbocycles. The summed E-state index contributed by atoms with van der Waals surface area (Å²) in [5.41, 5.74) is 16.1. The van der Waals surface area contributed by atoms with E-state index in [0.717, 1.165) is 0 Å². The number of carbonyl (C=O) groups is 4. The molecule has 0 aliphatic heterocycles. The molecule has 5 unspecified atom stereocenters. The van der Waals surface area contributed by atoms with Crippen molar-refractivity contribution < 1.29 is 29.4 Å². The fraction of sp³-hybridized carbons (Fsp3) is 0.750. The highest BCUT2D eigenvalue weighted by atomic mass is 32.2. The summed E-state index contributed by atoms with van der Waals surface area (Å²) in [6.07, 6.45) is 3.05. The maximum Gasteiger partial charge on any atom is 0.326 e. The van der Waals surface area contributed by atoms with Crippen LogP contribution in [0.15, 0.2) is 4.99 Å². The molecule has 13 nitrogen and oxygen atoms in total. The molecule has 0 saturated heterocycles. The van der Waals surface area contributed by atoms with E-state index in [4.69, 9.17) is 22.3 Å². The van der Waals surface area contributed by atoms with Gasteiger partial charge in [0.2, 0.25) is 17.7 Å². The van der Waals surface area contributed by atoms with Gasteiger partial charge in [0.05, 0.1) is 6.61 Å². The monoisotopic (exact) mass is 505 g/mol. The summed E-state index contributed by atoms with van der Waals surface area (Å²) in [4.78, 5) is 53.5. The number of aliphatic carboxylic acids is 1. The predicted molar refractivity (Wildman–Crippen MR) is 131 cm³/mol. The Labute approximate surface area is 204 Å². The van der Waals surface area contributed by atoms with Gasteiger partial charge in [-0.15, -0.1) is 0 Å². The molecule has 0 radical (unpaired) electrons. The number of amides is 3. The van der Waals surface area contributed by atoms with Crippen molar-refractivity contribution in [2.24, 2.45) is 28.1 Å². The molecule has 3 amide bonds. The van der Waals surface area contributed by atoms with Crippen molar-refractivity contribution in [2.45, 2.75) is 63.7 Å². The molecular weight excluding hydrogens is 466 g/mol. The summed E-state index contributed by atoms with van der Waals surface area (Å²) >= 11 is 1.45. The third kappa shape index (κ3) is 12.0. The number of nitrogens with zero attached hydrogens (tertiary/aromatic N) is 1. The number of nitrogens with one attached hydrogen (secondary N) is 3. The van der Waals surface area contributed by atoms with Crippen molar-refractivity contribution in [2.75, 3.05) is 25.2 Å². The van der Waals surface area contributed by atoms with Gasteiger partial charge in [0.1, 0.15) is 24.2 Å². The molecule has 5 atom stereocenters. The summed E-state index contributed by atoms with van der Waals surface area (Å²) in [5, 5.41) is 26.1. The van der Waals surface area contributed by atoms with E-state index in [0.29, 0.717) is 18.6 Å². The molecule has 0 spiro atoms. The van der Waals surface area contributed by atoms with Gasteiger partial charge in [0.15, 0.2) is 5.96 Å². The second kappa shape index (κ2) is 16.9. The van der Waals surface area contributed by atoms with E-state index in [1.54, 1.807) is 6.92 Å². The van der Waals surface area contributed by atoms with E-state index >= 15 is 0 Å². The van der Waals surface area contributed by atoms with Crippen LogP contribution in [-0.4, -0.2) is 89.2 Å². The average molecular weight is 506 g/mol. The maximum absolute atomic E-state index is 13.0. The van der Waals surface area contributed by atoms with E-state index in [2.05, 4.69) is 20.9 Å². The number of thioether (sulfide) groups is 1. The van der Waals surface area contributed by atoms with E-state index < -0.39 is 54.5 Å². The Morgan fingerprint density at radius 3 is 2.12 bits per heavy atom. The van der Waals surface area contributed by atoms with Gasteiger partial charge in [-0.2, -0.15) is 11.8 Å². The zero-order chi connectivity index (χ0) is 26.3. The topological polar surface area (TPSA) is 235 Å². The first kappa shape index (κ1) is 31.4. The zero-order valence-electron chi connectivity index (χ0n) is 20.0. The molecule has 0 heterocycles. The number of hydrogen-bond donors (Lipinski definition) is 8. The Morgan fingerprint density at radius 1 is 1.00 bits per heavy atom. The standard InChI is InChI=1S/C20H39N7O6S/c1-4-11(2)15(18(31)26-14(19(32)33)7-9-34-3)27-17(30)13(6-5-8-24-20(22)23)25-16(29)12(21)10-28/h11-15,28H,4-10,21H2,1-3H3,(H,25,29)(H,26,31)(H,27,30)(H,32,33)(H4,22,23,24). The predicted octanol–water partition coefficient (Wildman–Crippen LogP) is -2.30. The summed E-state index contributed by atoms with van der Waals surface area (Å²) in [7, 11) is 0. The van der Waals surface area contributed by atoms with Crippen LogP contribution in [0, 0.1) is 5.92 Å². The highest BCUT2D eigenvalue weighted by Gasteiger charge is 2.32. The van der Waals surface area contributed by atoms with Gasteiger partial charge in [0, 0.05) is 6.54 Å². The molecule has 0 aromatic heterocycles. The van der Waals surface area contributed by atoms with Crippen LogP contribution >= 0.6 is 11.8 Å². The summed E-state index contributed by atoms with van der Waals surface area (Å²) in [5.74, 6) is -3.09. The minimum atomic E-state index is -1.23. The van der Waals surface area contributed by atoms with Gasteiger partial charge in [-0.05, 0) is 37.2 Å². The number of carboxylic acids is 1. The molecule has 0 aromatic rings. The average Bonchev–Trinajstić information content (AvgIpc) is 2.79. The summed E-state index contributed by atoms with van der Waals surface area (Å²) < 4.78 is 0. The van der Waals surface area contributed by atoms with Crippen LogP contribution in [0.4, 0.5) is 0 Å². The number of aliphatic imine (C=N–C) groups is 1. The normalized spacial score (nSPS) is 15.2. The van der Waals surface area contributed by atoms with Crippen molar-refractivity contribution in [1.82, 2.24) is 16.0 Å². The van der Waals surface area contributed by atoms with Crippen LogP contribution in [0.3, 0.4) is 0 Å². The number of carbonyl (C=O) groups excluding carboxylic acids is 3. The van der Waals surface area contributed by atoms with Crippen LogP contribution in [0.25, 0.3) is 0 Å². The Balaban J connectivity index is 5.54. The fourth-order valence-corrected chi connectivity index (χ4v) is 3.32. The number of hydrogen-bond acceptors (Lipinski definition) is 8. The Bertz CT molecular complexity index is 705. The lowest BCUT2D eigenvalue weighted by molar-refractivity contribution is -0.142. The van der Waals surface area contributed by atoms with Gasteiger partial charge in [-0.3, -0.25) is 19.4 Å². The SMILES string of the molecule is CCC(C)C(NC(=O)C(CCCN=C(N)N)NC(=O)C(N)CO)C(=O)NC(CCSC)C(=O)O. The molecule has 0 aromatic carbocycles. The Kier molecular flexibility index (Phi) is 15.7. The van der Waals surface area contributed by atoms with Crippen LogP contribution in [0.2, 0.25) is 0 Å². The largest absolute Gasteiger partial charge is 0.480 e.